The van der Waals surface area contributed by atoms with Gasteiger partial charge in [-0.2, -0.15) is 0 Å². The monoisotopic (exact) mass is 317 g/mol. The molecule has 1 heterocycles. The molecule has 0 spiro atoms. The van der Waals surface area contributed by atoms with E-state index in [9.17, 15) is 4.79 Å². The van der Waals surface area contributed by atoms with Gasteiger partial charge in [-0.25, -0.2) is 5.48 Å². The standard InChI is InChI=1S/C16H19N3O4/c1-2-22-15-8-12(9-18-13-4-3-7-17-10-13)5-6-14(15)23-11-16(20)19-21/h3-8,10,18,21H,2,9,11H2,1H3,(H,19,20). The molecule has 3 N–H and O–H groups in total. The van der Waals surface area contributed by atoms with E-state index >= 15 is 0 Å². The summed E-state index contributed by atoms with van der Waals surface area (Å²) in [5.41, 5.74) is 3.43. The molecule has 2 rings (SSSR count). The number of hydroxylamine groups is 1. The molecule has 0 radical (unpaired) electrons. The van der Waals surface area contributed by atoms with Crippen LogP contribution in [0.15, 0.2) is 42.7 Å². The Labute approximate surface area is 134 Å². The van der Waals surface area contributed by atoms with Gasteiger partial charge in [0.15, 0.2) is 18.1 Å². The van der Waals surface area contributed by atoms with Gasteiger partial charge in [0.1, 0.15) is 0 Å². The number of carbonyl (C=O) groups is 1. The van der Waals surface area contributed by atoms with E-state index in [0.717, 1.165) is 11.3 Å². The first-order valence-corrected chi connectivity index (χ1v) is 7.18. The molecule has 0 bridgehead atoms. The van der Waals surface area contributed by atoms with Crippen LogP contribution in [0.1, 0.15) is 12.5 Å². The van der Waals surface area contributed by atoms with Crippen LogP contribution >= 0.6 is 0 Å². The summed E-state index contributed by atoms with van der Waals surface area (Å²) in [4.78, 5) is 15.1. The SMILES string of the molecule is CCOc1cc(CNc2cccnc2)ccc1OCC(=O)NO. The van der Waals surface area contributed by atoms with Crippen LogP contribution in [0.3, 0.4) is 0 Å². The van der Waals surface area contributed by atoms with E-state index in [1.807, 2.05) is 31.2 Å². The van der Waals surface area contributed by atoms with Crippen molar-refractivity contribution in [3.05, 3.63) is 48.3 Å². The predicted octanol–water partition coefficient (Wildman–Crippen LogP) is 1.98. The summed E-state index contributed by atoms with van der Waals surface area (Å²) in [7, 11) is 0. The van der Waals surface area contributed by atoms with Gasteiger partial charge in [-0.15, -0.1) is 0 Å². The number of pyridine rings is 1. The van der Waals surface area contributed by atoms with Crippen molar-refractivity contribution in [1.82, 2.24) is 10.5 Å². The van der Waals surface area contributed by atoms with Crippen LogP contribution in [-0.4, -0.2) is 29.3 Å². The second-order valence-corrected chi connectivity index (χ2v) is 4.63. The van der Waals surface area contributed by atoms with E-state index in [2.05, 4.69) is 10.3 Å². The first kappa shape index (κ1) is 16.6. The molecular weight excluding hydrogens is 298 g/mol. The average molecular weight is 317 g/mol. The van der Waals surface area contributed by atoms with E-state index in [-0.39, 0.29) is 6.61 Å². The summed E-state index contributed by atoms with van der Waals surface area (Å²) in [6.07, 6.45) is 3.46. The first-order chi connectivity index (χ1) is 11.2. The number of benzene rings is 1. The third-order valence-electron chi connectivity index (χ3n) is 2.95. The second kappa shape index (κ2) is 8.60. The second-order valence-electron chi connectivity index (χ2n) is 4.63. The molecular formula is C16H19N3O4. The molecule has 122 valence electrons. The number of nitrogens with zero attached hydrogens (tertiary/aromatic N) is 1. The third-order valence-corrected chi connectivity index (χ3v) is 2.95. The maximum Gasteiger partial charge on any atom is 0.281 e. The highest BCUT2D eigenvalue weighted by atomic mass is 16.5. The van der Waals surface area contributed by atoms with Crippen molar-refractivity contribution in [3.63, 3.8) is 0 Å². The molecule has 1 amide bonds. The van der Waals surface area contributed by atoms with Crippen LogP contribution in [0.2, 0.25) is 0 Å². The van der Waals surface area contributed by atoms with Crippen molar-refractivity contribution < 1.29 is 19.5 Å². The lowest BCUT2D eigenvalue weighted by atomic mass is 10.2. The number of anilines is 1. The van der Waals surface area contributed by atoms with Crippen LogP contribution in [-0.2, 0) is 11.3 Å². The lowest BCUT2D eigenvalue weighted by molar-refractivity contribution is -0.131. The Morgan fingerprint density at radius 1 is 1.26 bits per heavy atom. The average Bonchev–Trinajstić information content (AvgIpc) is 2.60. The van der Waals surface area contributed by atoms with E-state index in [0.29, 0.717) is 24.7 Å². The zero-order chi connectivity index (χ0) is 16.5. The smallest absolute Gasteiger partial charge is 0.281 e. The van der Waals surface area contributed by atoms with E-state index in [1.54, 1.807) is 18.5 Å². The Morgan fingerprint density at radius 2 is 2.13 bits per heavy atom. The van der Waals surface area contributed by atoms with E-state index in [4.69, 9.17) is 14.7 Å². The van der Waals surface area contributed by atoms with Gasteiger partial charge in [0, 0.05) is 18.9 Å². The molecule has 0 saturated carbocycles. The fourth-order valence-electron chi connectivity index (χ4n) is 1.90. The Kier molecular flexibility index (Phi) is 6.19. The lowest BCUT2D eigenvalue weighted by Gasteiger charge is -2.13. The molecule has 0 atom stereocenters. The van der Waals surface area contributed by atoms with Crippen LogP contribution in [0.5, 0.6) is 11.5 Å². The Balaban J connectivity index is 2.04. The van der Waals surface area contributed by atoms with Gasteiger partial charge in [-0.05, 0) is 36.8 Å². The van der Waals surface area contributed by atoms with Crippen LogP contribution in [0.4, 0.5) is 5.69 Å². The van der Waals surface area contributed by atoms with Crippen LogP contribution in [0.25, 0.3) is 0 Å². The number of amides is 1. The number of carbonyl (C=O) groups excluding carboxylic acids is 1. The summed E-state index contributed by atoms with van der Waals surface area (Å²) in [5.74, 6) is 0.360. The van der Waals surface area contributed by atoms with Gasteiger partial charge in [0.2, 0.25) is 0 Å². The number of hydrogen-bond acceptors (Lipinski definition) is 6. The Morgan fingerprint density at radius 3 is 2.83 bits per heavy atom. The largest absolute Gasteiger partial charge is 0.490 e. The molecule has 0 aliphatic heterocycles. The maximum absolute atomic E-state index is 11.0. The van der Waals surface area contributed by atoms with Gasteiger partial charge in [0.05, 0.1) is 12.3 Å². The van der Waals surface area contributed by atoms with Crippen LogP contribution < -0.4 is 20.3 Å². The van der Waals surface area contributed by atoms with E-state index in [1.165, 1.54) is 5.48 Å². The molecule has 1 aromatic carbocycles. The normalized spacial score (nSPS) is 10.0. The summed E-state index contributed by atoms with van der Waals surface area (Å²) >= 11 is 0. The van der Waals surface area contributed by atoms with Gasteiger partial charge < -0.3 is 14.8 Å². The quantitative estimate of drug-likeness (QED) is 0.509. The molecule has 0 fully saturated rings. The molecule has 1 aromatic heterocycles. The lowest BCUT2D eigenvalue weighted by Crippen LogP contribution is -2.25. The number of aromatic nitrogens is 1. The minimum absolute atomic E-state index is 0.288. The summed E-state index contributed by atoms with van der Waals surface area (Å²) in [6, 6.07) is 9.24. The molecule has 0 aliphatic carbocycles. The van der Waals surface area contributed by atoms with Gasteiger partial charge in [-0.1, -0.05) is 6.07 Å². The Bertz CT molecular complexity index is 634. The first-order valence-electron chi connectivity index (χ1n) is 7.18. The van der Waals surface area contributed by atoms with Crippen molar-refractivity contribution in [2.45, 2.75) is 13.5 Å². The van der Waals surface area contributed by atoms with Crippen LogP contribution in [0, 0.1) is 0 Å². The molecule has 0 saturated heterocycles. The summed E-state index contributed by atoms with van der Waals surface area (Å²) < 4.78 is 10.9. The Hall–Kier alpha value is -2.80. The van der Waals surface area contributed by atoms with Crippen molar-refractivity contribution in [3.8, 4) is 11.5 Å². The highest BCUT2D eigenvalue weighted by Crippen LogP contribution is 2.28. The third kappa shape index (κ3) is 5.15. The summed E-state index contributed by atoms with van der Waals surface area (Å²) in [5, 5.41) is 11.7. The maximum atomic E-state index is 11.0. The fourth-order valence-corrected chi connectivity index (χ4v) is 1.90. The van der Waals surface area contributed by atoms with Gasteiger partial charge in [-0.3, -0.25) is 15.0 Å². The molecule has 0 unspecified atom stereocenters. The minimum Gasteiger partial charge on any atom is -0.490 e. The topological polar surface area (TPSA) is 92.7 Å². The fraction of sp³-hybridized carbons (Fsp3) is 0.250. The number of hydrogen-bond donors (Lipinski definition) is 3. The number of nitrogens with one attached hydrogen (secondary N) is 2. The zero-order valence-electron chi connectivity index (χ0n) is 12.8. The van der Waals surface area contributed by atoms with Crippen molar-refractivity contribution in [2.75, 3.05) is 18.5 Å². The minimum atomic E-state index is -0.630. The highest BCUT2D eigenvalue weighted by molar-refractivity contribution is 5.76. The molecule has 23 heavy (non-hydrogen) atoms. The summed E-state index contributed by atoms with van der Waals surface area (Å²) in [6.45, 7) is 2.65. The molecule has 7 nitrogen and oxygen atoms in total. The van der Waals surface area contributed by atoms with Crippen molar-refractivity contribution in [1.29, 1.82) is 0 Å². The highest BCUT2D eigenvalue weighted by Gasteiger charge is 2.09. The molecule has 7 heteroatoms. The van der Waals surface area contributed by atoms with Crippen molar-refractivity contribution in [2.24, 2.45) is 0 Å². The number of ether oxygens (including phenoxy) is 2. The predicted molar refractivity (Wildman–Crippen MR) is 84.6 cm³/mol. The van der Waals surface area contributed by atoms with Crippen molar-refractivity contribution >= 4 is 11.6 Å². The van der Waals surface area contributed by atoms with Gasteiger partial charge in [0.25, 0.3) is 5.91 Å². The number of rotatable bonds is 8. The molecule has 0 aliphatic rings. The zero-order valence-corrected chi connectivity index (χ0v) is 12.8. The molecule has 2 aromatic rings. The van der Waals surface area contributed by atoms with Gasteiger partial charge >= 0.3 is 0 Å². The van der Waals surface area contributed by atoms with E-state index < -0.39 is 5.91 Å².